The molecule has 0 amide bonds. The third-order valence-electron chi connectivity index (χ3n) is 7.64. The lowest BCUT2D eigenvalue weighted by Gasteiger charge is -2.05. The Morgan fingerprint density at radius 2 is 0.721 bits per heavy atom. The van der Waals surface area contributed by atoms with E-state index >= 15 is 0 Å². The van der Waals surface area contributed by atoms with Crippen LogP contribution in [-0.2, 0) is 4.74 Å². The van der Waals surface area contributed by atoms with E-state index in [1.165, 1.54) is 148 Å². The van der Waals surface area contributed by atoms with Gasteiger partial charge in [0.15, 0.2) is 0 Å². The Labute approximate surface area is 272 Å². The number of rotatable bonds is 33. The number of unbranched alkanes of at least 4 members (excludes halogenated alkanes) is 18. The highest BCUT2D eigenvalue weighted by molar-refractivity contribution is 4.93. The summed E-state index contributed by atoms with van der Waals surface area (Å²) < 4.78 is 5.61. The molecule has 254 valence electrons. The molecule has 0 saturated carbocycles. The molecule has 1 N–H and O–H groups in total. The Hall–Kier alpha value is -1.12. The number of hydrogen-bond acceptors (Lipinski definition) is 2. The van der Waals surface area contributed by atoms with Gasteiger partial charge in [-0.05, 0) is 83.6 Å². The molecule has 0 aromatic rings. The second-order valence-corrected chi connectivity index (χ2v) is 12.2. The third-order valence-corrected chi connectivity index (χ3v) is 7.64. The number of nitrogens with one attached hydrogen (secondary N) is 1. The lowest BCUT2D eigenvalue weighted by Crippen LogP contribution is -2.20. The van der Waals surface area contributed by atoms with Gasteiger partial charge in [0.05, 0.1) is 6.61 Å². The first kappa shape index (κ1) is 44.0. The molecule has 0 aromatic heterocycles. The zero-order chi connectivity index (χ0) is 31.6. The van der Waals surface area contributed by atoms with Gasteiger partial charge in [0.1, 0.15) is 0 Å². The molecule has 0 aliphatic carbocycles. The first-order valence-electron chi connectivity index (χ1n) is 19.2. The van der Waals surface area contributed by atoms with Gasteiger partial charge in [-0.2, -0.15) is 0 Å². The number of hydrogen-bond donors (Lipinski definition) is 1. The molecule has 0 atom stereocenters. The summed E-state index contributed by atoms with van der Waals surface area (Å²) >= 11 is 0. The van der Waals surface area contributed by atoms with Crippen LogP contribution < -0.4 is 5.32 Å². The second-order valence-electron chi connectivity index (χ2n) is 12.2. The predicted octanol–water partition coefficient (Wildman–Crippen LogP) is 13.6. The van der Waals surface area contributed by atoms with Crippen molar-refractivity contribution < 1.29 is 4.74 Å². The Balaban J connectivity index is 0. The summed E-state index contributed by atoms with van der Waals surface area (Å²) in [7, 11) is 0. The molecule has 0 spiro atoms. The van der Waals surface area contributed by atoms with Crippen LogP contribution in [-0.4, -0.2) is 26.3 Å². The smallest absolute Gasteiger partial charge is 0.0590 e. The van der Waals surface area contributed by atoms with Crippen LogP contribution in [0.15, 0.2) is 48.6 Å². The summed E-state index contributed by atoms with van der Waals surface area (Å²) in [5.41, 5.74) is 0. The Bertz CT molecular complexity index is 576. The van der Waals surface area contributed by atoms with E-state index in [9.17, 15) is 0 Å². The largest absolute Gasteiger partial charge is 0.380 e. The third kappa shape index (κ3) is 48.0. The monoisotopic (exact) mass is 602 g/mol. The van der Waals surface area contributed by atoms with E-state index < -0.39 is 0 Å². The van der Waals surface area contributed by atoms with Gasteiger partial charge < -0.3 is 10.1 Å². The number of ether oxygens (including phenoxy) is 1. The lowest BCUT2D eigenvalue weighted by molar-refractivity contribution is 0.131. The zero-order valence-electron chi connectivity index (χ0n) is 30.0. The molecule has 0 aliphatic heterocycles. The molecular weight excluding hydrogens is 522 g/mol. The van der Waals surface area contributed by atoms with Crippen LogP contribution in [0.5, 0.6) is 0 Å². The van der Waals surface area contributed by atoms with Crippen molar-refractivity contribution in [3.8, 4) is 0 Å². The van der Waals surface area contributed by atoms with E-state index in [4.69, 9.17) is 4.74 Å². The van der Waals surface area contributed by atoms with Gasteiger partial charge in [-0.1, -0.05) is 160 Å². The first-order chi connectivity index (χ1) is 21.3. The average molecular weight is 602 g/mol. The van der Waals surface area contributed by atoms with Crippen molar-refractivity contribution >= 4 is 0 Å². The van der Waals surface area contributed by atoms with Crippen LogP contribution >= 0.6 is 0 Å². The highest BCUT2D eigenvalue weighted by Crippen LogP contribution is 2.09. The minimum absolute atomic E-state index is 0.859. The summed E-state index contributed by atoms with van der Waals surface area (Å²) in [6.07, 6.45) is 51.7. The fourth-order valence-electron chi connectivity index (χ4n) is 4.80. The molecule has 0 saturated heterocycles. The van der Waals surface area contributed by atoms with Crippen molar-refractivity contribution in [3.05, 3.63) is 48.6 Å². The van der Waals surface area contributed by atoms with Crippen LogP contribution in [0.3, 0.4) is 0 Å². The quantitative estimate of drug-likeness (QED) is 0.0596. The van der Waals surface area contributed by atoms with E-state index in [1.54, 1.807) is 0 Å². The Morgan fingerprint density at radius 1 is 0.349 bits per heavy atom. The summed E-state index contributed by atoms with van der Waals surface area (Å²) in [6, 6.07) is 0. The van der Waals surface area contributed by atoms with Crippen LogP contribution in [0.25, 0.3) is 0 Å². The fourth-order valence-corrected chi connectivity index (χ4v) is 4.80. The van der Waals surface area contributed by atoms with E-state index in [0.29, 0.717) is 0 Å². The molecule has 2 heteroatoms. The maximum absolute atomic E-state index is 5.61. The summed E-state index contributed by atoms with van der Waals surface area (Å²) in [5.74, 6) is 0. The zero-order valence-corrected chi connectivity index (χ0v) is 30.0. The average Bonchev–Trinajstić information content (AvgIpc) is 3.02. The van der Waals surface area contributed by atoms with Gasteiger partial charge in [-0.3, -0.25) is 0 Å². The van der Waals surface area contributed by atoms with Gasteiger partial charge in [-0.25, -0.2) is 0 Å². The Kier molecular flexibility index (Phi) is 46.4. The van der Waals surface area contributed by atoms with Gasteiger partial charge >= 0.3 is 0 Å². The molecule has 0 heterocycles. The molecule has 0 radical (unpaired) electrons. The van der Waals surface area contributed by atoms with Gasteiger partial charge in [-0.15, -0.1) is 0 Å². The summed E-state index contributed by atoms with van der Waals surface area (Å²) in [4.78, 5) is 0. The van der Waals surface area contributed by atoms with Gasteiger partial charge in [0, 0.05) is 13.2 Å². The second kappa shape index (κ2) is 45.3. The highest BCUT2D eigenvalue weighted by Gasteiger charge is 1.92. The van der Waals surface area contributed by atoms with E-state index in [2.05, 4.69) is 81.6 Å². The molecular formula is C41H79NO. The van der Waals surface area contributed by atoms with Crippen molar-refractivity contribution in [2.75, 3.05) is 26.3 Å². The van der Waals surface area contributed by atoms with Crippen LogP contribution in [0.2, 0.25) is 0 Å². The van der Waals surface area contributed by atoms with Crippen LogP contribution in [0.4, 0.5) is 0 Å². The molecule has 0 fully saturated rings. The van der Waals surface area contributed by atoms with E-state index in [0.717, 1.165) is 39.1 Å². The predicted molar refractivity (Wildman–Crippen MR) is 198 cm³/mol. The minimum atomic E-state index is 0.859. The van der Waals surface area contributed by atoms with Crippen molar-refractivity contribution in [2.45, 2.75) is 188 Å². The molecule has 2 nitrogen and oxygen atoms in total. The summed E-state index contributed by atoms with van der Waals surface area (Å²) in [6.45, 7) is 12.9. The highest BCUT2D eigenvalue weighted by atomic mass is 16.5. The van der Waals surface area contributed by atoms with Crippen molar-refractivity contribution in [1.82, 2.24) is 5.32 Å². The molecule has 43 heavy (non-hydrogen) atoms. The standard InChI is InChI=1S/C22H43NO.C19H36/c1-3-5-6-7-8-9-10-11-12-13-14-15-16-17-18-21-24-22-20-23-19-4-2;1-3-5-7-9-11-13-15-17-19-18-16-14-12-10-8-6-4-2/h8-9,11-12,23H,3-7,10,13-22H2,1-2H3;11,13,17,19H,3-10,12,14-16,18H2,1-2H3/b9-8-,12-11-;13-11-,19-17-. The van der Waals surface area contributed by atoms with Crippen LogP contribution in [0, 0.1) is 0 Å². The number of allylic oxidation sites excluding steroid dienone is 8. The van der Waals surface area contributed by atoms with E-state index in [1.807, 2.05) is 0 Å². The van der Waals surface area contributed by atoms with Gasteiger partial charge in [0.2, 0.25) is 0 Å². The topological polar surface area (TPSA) is 21.3 Å². The summed E-state index contributed by atoms with van der Waals surface area (Å²) in [5, 5.41) is 3.35. The molecule has 0 aliphatic rings. The van der Waals surface area contributed by atoms with Crippen molar-refractivity contribution in [2.24, 2.45) is 0 Å². The fraction of sp³-hybridized carbons (Fsp3) is 0.805. The van der Waals surface area contributed by atoms with E-state index in [-0.39, 0.29) is 0 Å². The van der Waals surface area contributed by atoms with Crippen molar-refractivity contribution in [1.29, 1.82) is 0 Å². The van der Waals surface area contributed by atoms with Crippen molar-refractivity contribution in [3.63, 3.8) is 0 Å². The molecule has 0 rings (SSSR count). The Morgan fingerprint density at radius 3 is 1.16 bits per heavy atom. The SMILES string of the molecule is CCCCC/C=C\C/C=C\CCCCCCCCC.CCCCC/C=C\C/C=C\CCCCCCCOCCNCCC. The molecule has 0 bridgehead atoms. The van der Waals surface area contributed by atoms with Crippen LogP contribution in [0.1, 0.15) is 188 Å². The lowest BCUT2D eigenvalue weighted by atomic mass is 10.1. The maximum atomic E-state index is 5.61. The molecule has 0 unspecified atom stereocenters. The molecule has 0 aromatic carbocycles. The van der Waals surface area contributed by atoms with Gasteiger partial charge in [0.25, 0.3) is 0 Å². The maximum Gasteiger partial charge on any atom is 0.0590 e. The minimum Gasteiger partial charge on any atom is -0.380 e. The normalized spacial score (nSPS) is 11.9. The first-order valence-corrected chi connectivity index (χ1v) is 19.2.